The number of ether oxygens (including phenoxy) is 1. The summed E-state index contributed by atoms with van der Waals surface area (Å²) in [6.07, 6.45) is 6.49. The highest BCUT2D eigenvalue weighted by Gasteiger charge is 2.20. The maximum atomic E-state index is 11.5. The van der Waals surface area contributed by atoms with Crippen LogP contribution in [0.3, 0.4) is 0 Å². The van der Waals surface area contributed by atoms with Crippen molar-refractivity contribution in [2.75, 3.05) is 36.4 Å². The van der Waals surface area contributed by atoms with Gasteiger partial charge in [0.1, 0.15) is 24.0 Å². The van der Waals surface area contributed by atoms with Gasteiger partial charge in [-0.1, -0.05) is 30.3 Å². The summed E-state index contributed by atoms with van der Waals surface area (Å²) in [7, 11) is 0. The van der Waals surface area contributed by atoms with Crippen molar-refractivity contribution in [3.63, 3.8) is 0 Å². The summed E-state index contributed by atoms with van der Waals surface area (Å²) < 4.78 is 7.98. The van der Waals surface area contributed by atoms with Gasteiger partial charge in [0, 0.05) is 62.3 Å². The molecule has 0 aliphatic carbocycles. The molecule has 4 heterocycles. The number of anilines is 3. The highest BCUT2D eigenvalue weighted by Crippen LogP contribution is 2.31. The molecule has 11 heteroatoms. The van der Waals surface area contributed by atoms with Crippen LogP contribution in [0.25, 0.3) is 16.6 Å². The Labute approximate surface area is 230 Å². The molecule has 2 N–H and O–H groups in total. The van der Waals surface area contributed by atoms with Crippen LogP contribution in [0.2, 0.25) is 0 Å². The van der Waals surface area contributed by atoms with Gasteiger partial charge in [0.05, 0.1) is 17.4 Å². The minimum atomic E-state index is -0.889. The normalized spacial score (nSPS) is 13.7. The lowest BCUT2D eigenvalue weighted by Crippen LogP contribution is -2.34. The minimum Gasteiger partial charge on any atom is -0.489 e. The zero-order valence-electron chi connectivity index (χ0n) is 21.7. The fraction of sp³-hybridized carbons (Fsp3) is 0.207. The number of rotatable bonds is 7. The quantitative estimate of drug-likeness (QED) is 0.304. The van der Waals surface area contributed by atoms with E-state index >= 15 is 0 Å². The topological polar surface area (TPSA) is 122 Å². The van der Waals surface area contributed by atoms with Gasteiger partial charge in [0.15, 0.2) is 5.82 Å². The van der Waals surface area contributed by atoms with Crippen molar-refractivity contribution in [1.82, 2.24) is 29.6 Å². The lowest BCUT2D eigenvalue weighted by atomic mass is 10.2. The van der Waals surface area contributed by atoms with E-state index in [4.69, 9.17) is 9.84 Å². The number of amides is 1. The molecule has 1 fully saturated rings. The van der Waals surface area contributed by atoms with Crippen molar-refractivity contribution < 1.29 is 14.6 Å². The monoisotopic (exact) mass is 536 g/mol. The van der Waals surface area contributed by atoms with Crippen LogP contribution in [-0.4, -0.2) is 67.0 Å². The second-order valence-corrected chi connectivity index (χ2v) is 9.41. The van der Waals surface area contributed by atoms with Crippen LogP contribution < -0.4 is 15.0 Å². The number of carboxylic acid groups (broad SMARTS) is 1. The number of carbonyl (C=O) groups is 1. The number of hydrogen-bond donors (Lipinski definition) is 2. The molecule has 202 valence electrons. The Hall–Kier alpha value is -5.19. The van der Waals surface area contributed by atoms with Gasteiger partial charge in [0.2, 0.25) is 0 Å². The molecule has 1 aliphatic heterocycles. The smallest absolute Gasteiger partial charge is 0.407 e. The predicted octanol–water partition coefficient (Wildman–Crippen LogP) is 4.72. The zero-order valence-corrected chi connectivity index (χ0v) is 21.7. The number of fused-ring (bicyclic) bond motifs is 1. The predicted molar refractivity (Wildman–Crippen MR) is 151 cm³/mol. The van der Waals surface area contributed by atoms with E-state index < -0.39 is 6.09 Å². The summed E-state index contributed by atoms with van der Waals surface area (Å²) in [5.74, 6) is 2.71. The largest absolute Gasteiger partial charge is 0.489 e. The van der Waals surface area contributed by atoms with E-state index in [0.29, 0.717) is 37.9 Å². The fourth-order valence-corrected chi connectivity index (χ4v) is 4.75. The maximum absolute atomic E-state index is 11.5. The Balaban J connectivity index is 1.35. The first kappa shape index (κ1) is 25.1. The molecule has 0 spiro atoms. The number of nitrogens with one attached hydrogen (secondary N) is 1. The second kappa shape index (κ2) is 11.3. The molecule has 0 bridgehead atoms. The van der Waals surface area contributed by atoms with Gasteiger partial charge in [-0.15, -0.1) is 5.10 Å². The first-order valence-corrected chi connectivity index (χ1v) is 13.1. The Morgan fingerprint density at radius 1 is 0.950 bits per heavy atom. The van der Waals surface area contributed by atoms with Gasteiger partial charge in [-0.2, -0.15) is 0 Å². The number of hydrogen-bond acceptors (Lipinski definition) is 8. The minimum absolute atomic E-state index is 0.431. The number of aromatic nitrogens is 5. The van der Waals surface area contributed by atoms with Gasteiger partial charge in [-0.05, 0) is 30.2 Å². The molecule has 5 aromatic rings. The first-order valence-electron chi connectivity index (χ1n) is 13.1. The Morgan fingerprint density at radius 2 is 1.85 bits per heavy atom. The van der Waals surface area contributed by atoms with Gasteiger partial charge < -0.3 is 25.0 Å². The van der Waals surface area contributed by atoms with E-state index in [-0.39, 0.29) is 0 Å². The van der Waals surface area contributed by atoms with Crippen LogP contribution in [0, 0.1) is 0 Å². The third-order valence-electron chi connectivity index (χ3n) is 6.77. The molecule has 0 radical (unpaired) electrons. The van der Waals surface area contributed by atoms with E-state index in [0.717, 1.165) is 46.7 Å². The summed E-state index contributed by atoms with van der Waals surface area (Å²) >= 11 is 0. The van der Waals surface area contributed by atoms with Crippen LogP contribution in [0.15, 0.2) is 85.5 Å². The van der Waals surface area contributed by atoms with Crippen molar-refractivity contribution >= 4 is 34.4 Å². The highest BCUT2D eigenvalue weighted by atomic mass is 16.5. The van der Waals surface area contributed by atoms with Crippen LogP contribution in [0.4, 0.5) is 22.2 Å². The molecule has 1 aliphatic rings. The Kier molecular flexibility index (Phi) is 7.08. The molecule has 11 nitrogen and oxygen atoms in total. The standard InChI is InChI=1S/C29H28N8O3/c38-29(39)36-14-4-13-35(15-16-36)27-17-22(9-10-32-27)37-25-18-23(40-20-21-5-2-1-3-6-21)7-8-24(25)28(34-37)33-26-19-30-11-12-31-26/h1-3,5-12,17-19H,4,13-16,20H2,(H,38,39)(H,31,33,34). The van der Waals surface area contributed by atoms with Gasteiger partial charge in [-0.3, -0.25) is 4.98 Å². The molecular formula is C29H28N8O3. The Bertz CT molecular complexity index is 1610. The van der Waals surface area contributed by atoms with Crippen LogP contribution >= 0.6 is 0 Å². The Morgan fingerprint density at radius 3 is 2.67 bits per heavy atom. The van der Waals surface area contributed by atoms with E-state index in [9.17, 15) is 9.90 Å². The third-order valence-corrected chi connectivity index (χ3v) is 6.77. The first-order chi connectivity index (χ1) is 19.6. The van der Waals surface area contributed by atoms with E-state index in [2.05, 4.69) is 25.2 Å². The van der Waals surface area contributed by atoms with Gasteiger partial charge in [0.25, 0.3) is 0 Å². The van der Waals surface area contributed by atoms with Crippen LogP contribution in [0.1, 0.15) is 12.0 Å². The molecule has 0 unspecified atom stereocenters. The van der Waals surface area contributed by atoms with Crippen molar-refractivity contribution in [2.24, 2.45) is 0 Å². The average Bonchev–Trinajstić information content (AvgIpc) is 3.16. The summed E-state index contributed by atoms with van der Waals surface area (Å²) in [6.45, 7) is 2.68. The fourth-order valence-electron chi connectivity index (χ4n) is 4.75. The lowest BCUT2D eigenvalue weighted by Gasteiger charge is -2.22. The molecule has 2 aromatic carbocycles. The van der Waals surface area contributed by atoms with Crippen molar-refractivity contribution in [3.05, 3.63) is 91.0 Å². The highest BCUT2D eigenvalue weighted by molar-refractivity contribution is 5.93. The maximum Gasteiger partial charge on any atom is 0.407 e. The van der Waals surface area contributed by atoms with E-state index in [1.54, 1.807) is 24.8 Å². The molecule has 1 saturated heterocycles. The third kappa shape index (κ3) is 5.48. The summed E-state index contributed by atoms with van der Waals surface area (Å²) in [5, 5.41) is 18.5. The van der Waals surface area contributed by atoms with Crippen LogP contribution in [-0.2, 0) is 6.61 Å². The molecule has 0 saturated carbocycles. The lowest BCUT2D eigenvalue weighted by molar-refractivity contribution is 0.148. The van der Waals surface area contributed by atoms with Crippen molar-refractivity contribution in [1.29, 1.82) is 0 Å². The van der Waals surface area contributed by atoms with E-state index in [1.807, 2.05) is 65.3 Å². The number of nitrogens with zero attached hydrogens (tertiary/aromatic N) is 7. The summed E-state index contributed by atoms with van der Waals surface area (Å²) in [6, 6.07) is 19.8. The average molecular weight is 537 g/mol. The number of benzene rings is 2. The zero-order chi connectivity index (χ0) is 27.3. The number of pyridine rings is 1. The second-order valence-electron chi connectivity index (χ2n) is 9.41. The molecule has 1 amide bonds. The molecule has 0 atom stereocenters. The van der Waals surface area contributed by atoms with E-state index in [1.165, 1.54) is 4.90 Å². The summed E-state index contributed by atoms with van der Waals surface area (Å²) in [5.41, 5.74) is 2.75. The van der Waals surface area contributed by atoms with Crippen molar-refractivity contribution in [3.8, 4) is 11.4 Å². The molecular weight excluding hydrogens is 508 g/mol. The van der Waals surface area contributed by atoms with Crippen LogP contribution in [0.5, 0.6) is 5.75 Å². The molecule has 40 heavy (non-hydrogen) atoms. The summed E-state index contributed by atoms with van der Waals surface area (Å²) in [4.78, 5) is 28.1. The SMILES string of the molecule is O=C(O)N1CCCN(c2cc(-n3nc(Nc4cnccn4)c4ccc(OCc5ccccc5)cc43)ccn2)CC1. The molecule has 3 aromatic heterocycles. The van der Waals surface area contributed by atoms with Crippen molar-refractivity contribution in [2.45, 2.75) is 13.0 Å². The molecule has 6 rings (SSSR count). The van der Waals surface area contributed by atoms with Gasteiger partial charge in [-0.25, -0.2) is 19.4 Å². The van der Waals surface area contributed by atoms with Gasteiger partial charge >= 0.3 is 6.09 Å².